The molecule has 0 spiro atoms. The van der Waals surface area contributed by atoms with Gasteiger partial charge in [-0.2, -0.15) is 0 Å². The molecule has 7 nitrogen and oxygen atoms in total. The van der Waals surface area contributed by atoms with Gasteiger partial charge in [-0.1, -0.05) is 11.6 Å². The van der Waals surface area contributed by atoms with E-state index in [-0.39, 0.29) is 39.9 Å². The number of aliphatic hydroxyl groups is 1. The number of hydrogen-bond donors (Lipinski definition) is 2. The molecule has 0 bridgehead atoms. The van der Waals surface area contributed by atoms with Gasteiger partial charge in [-0.25, -0.2) is 0 Å². The Bertz CT molecular complexity index is 587. The van der Waals surface area contributed by atoms with E-state index in [4.69, 9.17) is 17.3 Å². The van der Waals surface area contributed by atoms with Crippen molar-refractivity contribution in [3.63, 3.8) is 0 Å². The molecule has 0 heterocycles. The van der Waals surface area contributed by atoms with Gasteiger partial charge in [0.15, 0.2) is 0 Å². The first-order chi connectivity index (χ1) is 9.79. The van der Waals surface area contributed by atoms with Crippen molar-refractivity contribution in [2.24, 2.45) is 5.92 Å². The van der Waals surface area contributed by atoms with Gasteiger partial charge in [-0.15, -0.1) is 0 Å². The quantitative estimate of drug-likeness (QED) is 0.499. The van der Waals surface area contributed by atoms with Crippen LogP contribution in [0.3, 0.4) is 0 Å². The van der Waals surface area contributed by atoms with Crippen molar-refractivity contribution in [1.29, 1.82) is 0 Å². The van der Waals surface area contributed by atoms with Crippen LogP contribution in [0.15, 0.2) is 12.1 Å². The van der Waals surface area contributed by atoms with Gasteiger partial charge in [0, 0.05) is 25.2 Å². The molecule has 3 N–H and O–H groups in total. The fourth-order valence-corrected chi connectivity index (χ4v) is 2.63. The summed E-state index contributed by atoms with van der Waals surface area (Å²) in [6.45, 7) is 0.492. The Kier molecular flexibility index (Phi) is 4.34. The molecule has 8 heteroatoms. The highest BCUT2D eigenvalue weighted by atomic mass is 35.5. The fourth-order valence-electron chi connectivity index (χ4n) is 2.42. The Labute approximate surface area is 126 Å². The monoisotopic (exact) mass is 313 g/mol. The van der Waals surface area contributed by atoms with Crippen LogP contribution in [-0.4, -0.2) is 40.5 Å². The van der Waals surface area contributed by atoms with Crippen molar-refractivity contribution in [1.82, 2.24) is 4.90 Å². The molecule has 1 aliphatic rings. The maximum atomic E-state index is 12.3. The number of carbonyl (C=O) groups is 1. The summed E-state index contributed by atoms with van der Waals surface area (Å²) >= 11 is 5.84. The predicted octanol–water partition coefficient (Wildman–Crippen LogP) is 1.67. The molecule has 1 aliphatic carbocycles. The van der Waals surface area contributed by atoms with Crippen LogP contribution in [0.2, 0.25) is 5.02 Å². The molecule has 1 saturated carbocycles. The van der Waals surface area contributed by atoms with Gasteiger partial charge in [-0.3, -0.25) is 14.9 Å². The second kappa shape index (κ2) is 5.87. The lowest BCUT2D eigenvalue weighted by Gasteiger charge is -2.34. The first-order valence-electron chi connectivity index (χ1n) is 6.46. The number of nitro groups is 1. The molecule has 1 amide bonds. The zero-order chi connectivity index (χ0) is 15.7. The van der Waals surface area contributed by atoms with E-state index in [0.29, 0.717) is 19.4 Å². The standard InChI is InChI=1S/C13H16ClN3O4/c1-16(6-7-2-9(18)3-7)13(19)8-4-10(14)12(15)11(5-8)17(20)21/h4-5,7,9,18H,2-3,6,15H2,1H3. The summed E-state index contributed by atoms with van der Waals surface area (Å²) in [7, 11) is 1.61. The summed E-state index contributed by atoms with van der Waals surface area (Å²) in [6.07, 6.45) is 1.05. The zero-order valence-corrected chi connectivity index (χ0v) is 12.2. The highest BCUT2D eigenvalue weighted by molar-refractivity contribution is 6.34. The molecule has 0 aliphatic heterocycles. The summed E-state index contributed by atoms with van der Waals surface area (Å²) in [4.78, 5) is 24.0. The highest BCUT2D eigenvalue weighted by Gasteiger charge is 2.30. The number of anilines is 1. The van der Waals surface area contributed by atoms with Crippen LogP contribution in [0, 0.1) is 16.0 Å². The first kappa shape index (κ1) is 15.5. The zero-order valence-electron chi connectivity index (χ0n) is 11.5. The minimum absolute atomic E-state index is 0.0139. The number of aliphatic hydroxyl groups excluding tert-OH is 1. The maximum absolute atomic E-state index is 12.3. The van der Waals surface area contributed by atoms with E-state index < -0.39 is 4.92 Å². The number of hydrogen-bond acceptors (Lipinski definition) is 5. The van der Waals surface area contributed by atoms with E-state index in [1.54, 1.807) is 7.05 Å². The molecule has 0 atom stereocenters. The third-order valence-electron chi connectivity index (χ3n) is 3.64. The third-order valence-corrected chi connectivity index (χ3v) is 3.95. The Hall–Kier alpha value is -1.86. The normalized spacial score (nSPS) is 20.7. The number of nitro benzene ring substituents is 1. The number of rotatable bonds is 4. The lowest BCUT2D eigenvalue weighted by molar-refractivity contribution is -0.383. The SMILES string of the molecule is CN(CC1CC(O)C1)C(=O)c1cc(Cl)c(N)c([N+](=O)[O-])c1. The van der Waals surface area contributed by atoms with Crippen molar-refractivity contribution in [3.8, 4) is 0 Å². The lowest BCUT2D eigenvalue weighted by Crippen LogP contribution is -2.39. The van der Waals surface area contributed by atoms with E-state index in [2.05, 4.69) is 0 Å². The van der Waals surface area contributed by atoms with Gasteiger partial charge in [0.1, 0.15) is 5.69 Å². The van der Waals surface area contributed by atoms with Crippen molar-refractivity contribution in [3.05, 3.63) is 32.8 Å². The van der Waals surface area contributed by atoms with Gasteiger partial charge in [0.2, 0.25) is 0 Å². The average Bonchev–Trinajstić information content (AvgIpc) is 2.38. The summed E-state index contributed by atoms with van der Waals surface area (Å²) in [5.74, 6) is -0.102. The van der Waals surface area contributed by atoms with Crippen LogP contribution < -0.4 is 5.73 Å². The number of amides is 1. The third kappa shape index (κ3) is 3.25. The van der Waals surface area contributed by atoms with Crippen LogP contribution in [0.4, 0.5) is 11.4 Å². The molecule has 0 saturated heterocycles. The molecule has 0 radical (unpaired) electrons. The Morgan fingerprint density at radius 2 is 2.19 bits per heavy atom. The minimum Gasteiger partial charge on any atom is -0.393 e. The van der Waals surface area contributed by atoms with Gasteiger partial charge >= 0.3 is 0 Å². The van der Waals surface area contributed by atoms with Crippen molar-refractivity contribution < 1.29 is 14.8 Å². The summed E-state index contributed by atoms with van der Waals surface area (Å²) in [5.41, 5.74) is 5.13. The second-order valence-electron chi connectivity index (χ2n) is 5.32. The van der Waals surface area contributed by atoms with E-state index in [0.717, 1.165) is 6.07 Å². The summed E-state index contributed by atoms with van der Waals surface area (Å²) in [5, 5.41) is 20.1. The molecule has 0 unspecified atom stereocenters. The lowest BCUT2D eigenvalue weighted by atomic mass is 9.82. The van der Waals surface area contributed by atoms with Gasteiger partial charge in [-0.05, 0) is 24.8 Å². The van der Waals surface area contributed by atoms with Gasteiger partial charge < -0.3 is 15.7 Å². The molecule has 1 aromatic rings. The Morgan fingerprint density at radius 1 is 1.57 bits per heavy atom. The highest BCUT2D eigenvalue weighted by Crippen LogP contribution is 2.32. The predicted molar refractivity (Wildman–Crippen MR) is 78.2 cm³/mol. The van der Waals surface area contributed by atoms with E-state index in [9.17, 15) is 20.0 Å². The molecule has 1 aromatic carbocycles. The number of halogens is 1. The first-order valence-corrected chi connectivity index (χ1v) is 6.84. The van der Waals surface area contributed by atoms with Crippen LogP contribution in [0.5, 0.6) is 0 Å². The fraction of sp³-hybridized carbons (Fsp3) is 0.462. The van der Waals surface area contributed by atoms with Gasteiger partial charge in [0.25, 0.3) is 11.6 Å². The minimum atomic E-state index is -0.666. The van der Waals surface area contributed by atoms with E-state index in [1.165, 1.54) is 11.0 Å². The Morgan fingerprint density at radius 3 is 2.71 bits per heavy atom. The number of nitrogens with zero attached hydrogens (tertiary/aromatic N) is 2. The van der Waals surface area contributed by atoms with Crippen molar-refractivity contribution in [2.45, 2.75) is 18.9 Å². The number of nitrogens with two attached hydrogens (primary N) is 1. The average molecular weight is 314 g/mol. The largest absolute Gasteiger partial charge is 0.393 e. The number of nitrogen functional groups attached to an aromatic ring is 1. The molecule has 1 fully saturated rings. The van der Waals surface area contributed by atoms with Crippen LogP contribution in [0.1, 0.15) is 23.2 Å². The molecule has 114 valence electrons. The smallest absolute Gasteiger partial charge is 0.294 e. The number of carbonyl (C=O) groups excluding carboxylic acids is 1. The molecular weight excluding hydrogens is 298 g/mol. The van der Waals surface area contributed by atoms with Crippen LogP contribution >= 0.6 is 11.6 Å². The second-order valence-corrected chi connectivity index (χ2v) is 5.73. The molecular formula is C13H16ClN3O4. The molecule has 21 heavy (non-hydrogen) atoms. The molecule has 0 aromatic heterocycles. The van der Waals surface area contributed by atoms with Crippen LogP contribution in [-0.2, 0) is 0 Å². The van der Waals surface area contributed by atoms with Crippen molar-refractivity contribution in [2.75, 3.05) is 19.3 Å². The van der Waals surface area contributed by atoms with Crippen molar-refractivity contribution >= 4 is 28.9 Å². The van der Waals surface area contributed by atoms with E-state index in [1.807, 2.05) is 0 Å². The van der Waals surface area contributed by atoms with Gasteiger partial charge in [0.05, 0.1) is 16.0 Å². The Balaban J connectivity index is 2.16. The topological polar surface area (TPSA) is 110 Å². The summed E-state index contributed by atoms with van der Waals surface area (Å²) in [6, 6.07) is 2.47. The maximum Gasteiger partial charge on any atom is 0.294 e. The molecule has 2 rings (SSSR count). The number of benzene rings is 1. The van der Waals surface area contributed by atoms with Crippen LogP contribution in [0.25, 0.3) is 0 Å². The summed E-state index contributed by atoms with van der Waals surface area (Å²) < 4.78 is 0. The van der Waals surface area contributed by atoms with E-state index >= 15 is 0 Å².